The Morgan fingerprint density at radius 3 is 2.68 bits per heavy atom. The van der Waals surface area contributed by atoms with Gasteiger partial charge in [0.05, 0.1) is 24.2 Å². The van der Waals surface area contributed by atoms with E-state index in [1.54, 1.807) is 18.6 Å². The number of rotatable bonds is 5. The first-order valence-electron chi connectivity index (χ1n) is 6.07. The average Bonchev–Trinajstić information content (AvgIpc) is 2.39. The van der Waals surface area contributed by atoms with Crippen LogP contribution in [0.1, 0.15) is 19.4 Å². The van der Waals surface area contributed by atoms with Gasteiger partial charge in [0, 0.05) is 18.3 Å². The predicted molar refractivity (Wildman–Crippen MR) is 73.8 cm³/mol. The fourth-order valence-corrected chi connectivity index (χ4v) is 1.49. The number of ether oxygens (including phenoxy) is 1. The van der Waals surface area contributed by atoms with E-state index in [0.717, 1.165) is 5.56 Å². The number of nitrogen functional groups attached to an aromatic ring is 1. The topological polar surface area (TPSA) is 86.0 Å². The van der Waals surface area contributed by atoms with E-state index < -0.39 is 0 Å². The van der Waals surface area contributed by atoms with E-state index in [0.29, 0.717) is 24.1 Å². The van der Waals surface area contributed by atoms with Crippen molar-refractivity contribution in [2.45, 2.75) is 26.5 Å². The summed E-state index contributed by atoms with van der Waals surface area (Å²) in [6, 6.07) is 3.82. The van der Waals surface area contributed by atoms with Gasteiger partial charge >= 0.3 is 0 Å². The van der Waals surface area contributed by atoms with Crippen LogP contribution in [0.2, 0.25) is 0 Å². The Morgan fingerprint density at radius 1 is 1.26 bits per heavy atom. The molecule has 19 heavy (non-hydrogen) atoms. The van der Waals surface area contributed by atoms with E-state index in [9.17, 15) is 0 Å². The third-order valence-electron chi connectivity index (χ3n) is 2.31. The molecule has 6 nitrogen and oxygen atoms in total. The largest absolute Gasteiger partial charge is 0.475 e. The third kappa shape index (κ3) is 3.80. The number of nitrogens with zero attached hydrogens (tertiary/aromatic N) is 3. The van der Waals surface area contributed by atoms with Crippen molar-refractivity contribution in [2.24, 2.45) is 0 Å². The Labute approximate surface area is 112 Å². The molecular weight excluding hydrogens is 242 g/mol. The molecule has 2 aromatic heterocycles. The molecule has 3 N–H and O–H groups in total. The van der Waals surface area contributed by atoms with Gasteiger partial charge in [-0.3, -0.25) is 0 Å². The number of aromatic nitrogens is 3. The van der Waals surface area contributed by atoms with Crippen LogP contribution in [0.5, 0.6) is 5.88 Å². The van der Waals surface area contributed by atoms with Crippen LogP contribution in [0.25, 0.3) is 0 Å². The Morgan fingerprint density at radius 2 is 2.00 bits per heavy atom. The minimum Gasteiger partial charge on any atom is -0.475 e. The maximum absolute atomic E-state index is 5.64. The smallest absolute Gasteiger partial charge is 0.222 e. The molecule has 0 atom stereocenters. The molecule has 0 saturated carbocycles. The van der Waals surface area contributed by atoms with Gasteiger partial charge < -0.3 is 15.8 Å². The number of pyridine rings is 1. The van der Waals surface area contributed by atoms with Gasteiger partial charge in [0.2, 0.25) is 11.8 Å². The van der Waals surface area contributed by atoms with Crippen LogP contribution >= 0.6 is 0 Å². The fraction of sp³-hybridized carbons (Fsp3) is 0.308. The summed E-state index contributed by atoms with van der Waals surface area (Å²) in [5.41, 5.74) is 7.02. The van der Waals surface area contributed by atoms with Crippen molar-refractivity contribution in [3.63, 3.8) is 0 Å². The van der Waals surface area contributed by atoms with Gasteiger partial charge in [-0.15, -0.1) is 0 Å². The summed E-state index contributed by atoms with van der Waals surface area (Å²) in [7, 11) is 0. The number of nitrogens with one attached hydrogen (secondary N) is 1. The molecule has 0 spiro atoms. The van der Waals surface area contributed by atoms with E-state index in [1.807, 2.05) is 26.0 Å². The molecule has 6 heteroatoms. The highest BCUT2D eigenvalue weighted by Crippen LogP contribution is 2.16. The van der Waals surface area contributed by atoms with E-state index in [2.05, 4.69) is 20.3 Å². The highest BCUT2D eigenvalue weighted by atomic mass is 16.5. The first-order chi connectivity index (χ1) is 9.15. The quantitative estimate of drug-likeness (QED) is 0.852. The van der Waals surface area contributed by atoms with E-state index >= 15 is 0 Å². The van der Waals surface area contributed by atoms with Crippen LogP contribution in [0.15, 0.2) is 30.7 Å². The first kappa shape index (κ1) is 13.1. The fourth-order valence-electron chi connectivity index (χ4n) is 1.49. The summed E-state index contributed by atoms with van der Waals surface area (Å²) >= 11 is 0. The lowest BCUT2D eigenvalue weighted by atomic mass is 10.2. The minimum atomic E-state index is 0.0847. The Hall–Kier alpha value is -2.37. The maximum atomic E-state index is 5.64. The van der Waals surface area contributed by atoms with Crippen LogP contribution in [0.3, 0.4) is 0 Å². The van der Waals surface area contributed by atoms with Crippen LogP contribution in [-0.2, 0) is 6.54 Å². The number of nitrogens with two attached hydrogens (primary N) is 1. The molecule has 0 bridgehead atoms. The molecule has 2 aromatic rings. The molecule has 0 aliphatic heterocycles. The van der Waals surface area contributed by atoms with Gasteiger partial charge in [-0.1, -0.05) is 6.07 Å². The number of hydrogen-bond donors (Lipinski definition) is 2. The molecule has 0 aliphatic carbocycles. The summed E-state index contributed by atoms with van der Waals surface area (Å²) in [5.74, 6) is 1.15. The lowest BCUT2D eigenvalue weighted by molar-refractivity contribution is 0.230. The first-order valence-corrected chi connectivity index (χ1v) is 6.07. The van der Waals surface area contributed by atoms with Crippen LogP contribution in [0, 0.1) is 0 Å². The van der Waals surface area contributed by atoms with Crippen LogP contribution < -0.4 is 15.8 Å². The molecule has 0 radical (unpaired) electrons. The van der Waals surface area contributed by atoms with Crippen LogP contribution in [0.4, 0.5) is 11.6 Å². The maximum Gasteiger partial charge on any atom is 0.222 e. The lowest BCUT2D eigenvalue weighted by Crippen LogP contribution is -2.11. The summed E-state index contributed by atoms with van der Waals surface area (Å²) in [4.78, 5) is 12.4. The molecule has 0 saturated heterocycles. The average molecular weight is 259 g/mol. The molecule has 2 rings (SSSR count). The van der Waals surface area contributed by atoms with Gasteiger partial charge in [-0.25, -0.2) is 15.0 Å². The second kappa shape index (κ2) is 5.99. The Kier molecular flexibility index (Phi) is 4.12. The van der Waals surface area contributed by atoms with Crippen molar-refractivity contribution in [1.29, 1.82) is 0 Å². The number of hydrogen-bond acceptors (Lipinski definition) is 6. The molecule has 0 aromatic carbocycles. The van der Waals surface area contributed by atoms with Crippen molar-refractivity contribution in [3.8, 4) is 5.88 Å². The summed E-state index contributed by atoms with van der Waals surface area (Å²) in [6.45, 7) is 4.48. The van der Waals surface area contributed by atoms with Gasteiger partial charge in [0.15, 0.2) is 0 Å². The summed E-state index contributed by atoms with van der Waals surface area (Å²) in [6.07, 6.45) is 4.91. The molecule has 2 heterocycles. The molecule has 0 aliphatic rings. The van der Waals surface area contributed by atoms with Crippen molar-refractivity contribution >= 4 is 11.6 Å². The summed E-state index contributed by atoms with van der Waals surface area (Å²) < 4.78 is 5.64. The standard InChI is InChI=1S/C13H17N5O/c1-9(2)19-12-10(4-3-5-15-12)6-16-13-17-7-11(14)8-18-13/h3-5,7-9H,6,14H2,1-2H3,(H,16,17,18). The zero-order valence-corrected chi connectivity index (χ0v) is 11.0. The molecule has 100 valence electrons. The Balaban J connectivity index is 2.04. The molecular formula is C13H17N5O. The normalized spacial score (nSPS) is 10.5. The van der Waals surface area contributed by atoms with Gasteiger partial charge in [0.1, 0.15) is 0 Å². The van der Waals surface area contributed by atoms with E-state index in [1.165, 1.54) is 0 Å². The third-order valence-corrected chi connectivity index (χ3v) is 2.31. The van der Waals surface area contributed by atoms with Crippen molar-refractivity contribution < 1.29 is 4.74 Å². The van der Waals surface area contributed by atoms with Crippen molar-refractivity contribution in [3.05, 3.63) is 36.3 Å². The van der Waals surface area contributed by atoms with Crippen molar-refractivity contribution in [2.75, 3.05) is 11.1 Å². The van der Waals surface area contributed by atoms with Gasteiger partial charge in [-0.2, -0.15) is 0 Å². The van der Waals surface area contributed by atoms with E-state index in [4.69, 9.17) is 10.5 Å². The highest BCUT2D eigenvalue weighted by Gasteiger charge is 2.06. The molecule has 0 unspecified atom stereocenters. The second-order valence-corrected chi connectivity index (χ2v) is 4.33. The SMILES string of the molecule is CC(C)Oc1ncccc1CNc1ncc(N)cn1. The monoisotopic (exact) mass is 259 g/mol. The highest BCUT2D eigenvalue weighted by molar-refractivity contribution is 5.37. The van der Waals surface area contributed by atoms with E-state index in [-0.39, 0.29) is 6.10 Å². The van der Waals surface area contributed by atoms with Crippen LogP contribution in [-0.4, -0.2) is 21.1 Å². The molecule has 0 amide bonds. The van der Waals surface area contributed by atoms with Gasteiger partial charge in [0.25, 0.3) is 0 Å². The minimum absolute atomic E-state index is 0.0847. The van der Waals surface area contributed by atoms with Gasteiger partial charge in [-0.05, 0) is 19.9 Å². The second-order valence-electron chi connectivity index (χ2n) is 4.33. The lowest BCUT2D eigenvalue weighted by Gasteiger charge is -2.13. The predicted octanol–water partition coefficient (Wildman–Crippen LogP) is 1.85. The summed E-state index contributed by atoms with van der Waals surface area (Å²) in [5, 5.41) is 3.10. The zero-order chi connectivity index (χ0) is 13.7. The Bertz CT molecular complexity index is 527. The zero-order valence-electron chi connectivity index (χ0n) is 11.0. The molecule has 0 fully saturated rings. The number of anilines is 2. The van der Waals surface area contributed by atoms with Crippen molar-refractivity contribution in [1.82, 2.24) is 15.0 Å².